The number of carbonyl (C=O) groups is 2. The molecule has 21 heavy (non-hydrogen) atoms. The Morgan fingerprint density at radius 3 is 2.57 bits per heavy atom. The average Bonchev–Trinajstić information content (AvgIpc) is 2.36. The van der Waals surface area contributed by atoms with Gasteiger partial charge >= 0.3 is 0 Å². The van der Waals surface area contributed by atoms with Gasteiger partial charge in [0.15, 0.2) is 0 Å². The molecule has 0 aromatic heterocycles. The zero-order valence-electron chi connectivity index (χ0n) is 12.6. The van der Waals surface area contributed by atoms with Crippen LogP contribution < -0.4 is 16.0 Å². The van der Waals surface area contributed by atoms with Gasteiger partial charge in [-0.1, -0.05) is 0 Å². The monoisotopic (exact) mass is 311 g/mol. The molecule has 1 aromatic carbocycles. The first-order chi connectivity index (χ1) is 9.29. The van der Waals surface area contributed by atoms with Crippen LogP contribution in [0.3, 0.4) is 0 Å². The van der Waals surface area contributed by atoms with Crippen LogP contribution in [-0.4, -0.2) is 23.9 Å². The van der Waals surface area contributed by atoms with Gasteiger partial charge in [0.25, 0.3) is 0 Å². The Balaban J connectivity index is 0.00000220. The number of fused-ring (bicyclic) bond motifs is 1. The van der Waals surface area contributed by atoms with Crippen LogP contribution in [0.15, 0.2) is 18.2 Å². The smallest absolute Gasteiger partial charge is 0.243 e. The van der Waals surface area contributed by atoms with E-state index in [1.54, 1.807) is 25.7 Å². The third-order valence-corrected chi connectivity index (χ3v) is 3.42. The standard InChI is InChI=1S/C15H21N3O2.ClH/c1-10(19)18-8-4-5-11-9-12(6-7-13(11)18)17-14(20)15(2,3)16;/h6-7,9H,4-5,8,16H2,1-3H3,(H,17,20);1H. The van der Waals surface area contributed by atoms with Crippen LogP contribution in [0.1, 0.15) is 32.8 Å². The van der Waals surface area contributed by atoms with Crippen LogP contribution in [0.5, 0.6) is 0 Å². The molecular formula is C15H22ClN3O2. The minimum absolute atomic E-state index is 0. The van der Waals surface area contributed by atoms with Gasteiger partial charge in [-0.3, -0.25) is 9.59 Å². The van der Waals surface area contributed by atoms with Crippen LogP contribution in [-0.2, 0) is 16.0 Å². The molecule has 5 nitrogen and oxygen atoms in total. The highest BCUT2D eigenvalue weighted by Crippen LogP contribution is 2.29. The number of nitrogens with one attached hydrogen (secondary N) is 1. The second-order valence-electron chi connectivity index (χ2n) is 5.79. The van der Waals surface area contributed by atoms with Crippen molar-refractivity contribution in [2.75, 3.05) is 16.8 Å². The maximum atomic E-state index is 11.9. The molecule has 6 heteroatoms. The van der Waals surface area contributed by atoms with Gasteiger partial charge in [-0.2, -0.15) is 0 Å². The van der Waals surface area contributed by atoms with E-state index in [1.165, 1.54) is 0 Å². The van der Waals surface area contributed by atoms with Gasteiger partial charge in [0.1, 0.15) is 0 Å². The molecule has 0 fully saturated rings. The summed E-state index contributed by atoms with van der Waals surface area (Å²) in [5.74, 6) is -0.178. The lowest BCUT2D eigenvalue weighted by Gasteiger charge is -2.29. The Kier molecular flexibility index (Phi) is 5.36. The number of halogens is 1. The number of hydrogen-bond acceptors (Lipinski definition) is 3. The molecule has 1 aliphatic rings. The number of aryl methyl sites for hydroxylation is 1. The van der Waals surface area contributed by atoms with Crippen LogP contribution in [0.25, 0.3) is 0 Å². The Bertz CT molecular complexity index is 552. The topological polar surface area (TPSA) is 75.4 Å². The van der Waals surface area contributed by atoms with E-state index in [4.69, 9.17) is 5.73 Å². The van der Waals surface area contributed by atoms with Crippen molar-refractivity contribution in [2.24, 2.45) is 5.73 Å². The lowest BCUT2D eigenvalue weighted by molar-refractivity contribution is -0.120. The molecule has 0 aliphatic carbocycles. The lowest BCUT2D eigenvalue weighted by Crippen LogP contribution is -2.45. The van der Waals surface area contributed by atoms with E-state index in [0.29, 0.717) is 0 Å². The maximum Gasteiger partial charge on any atom is 0.243 e. The van der Waals surface area contributed by atoms with Gasteiger partial charge in [-0.15, -0.1) is 12.4 Å². The Morgan fingerprint density at radius 1 is 1.33 bits per heavy atom. The third-order valence-electron chi connectivity index (χ3n) is 3.42. The highest BCUT2D eigenvalue weighted by molar-refractivity contribution is 5.98. The van der Waals surface area contributed by atoms with Gasteiger partial charge in [-0.05, 0) is 50.5 Å². The van der Waals surface area contributed by atoms with Crippen LogP contribution in [0.4, 0.5) is 11.4 Å². The van der Waals surface area contributed by atoms with Gasteiger partial charge in [0.2, 0.25) is 11.8 Å². The number of benzene rings is 1. The molecule has 116 valence electrons. The summed E-state index contributed by atoms with van der Waals surface area (Å²) in [6.07, 6.45) is 1.85. The van der Waals surface area contributed by atoms with Crippen molar-refractivity contribution in [1.29, 1.82) is 0 Å². The first-order valence-electron chi connectivity index (χ1n) is 6.80. The second-order valence-corrected chi connectivity index (χ2v) is 5.79. The van der Waals surface area contributed by atoms with Gasteiger partial charge < -0.3 is 16.0 Å². The predicted octanol–water partition coefficient (Wildman–Crippen LogP) is 2.08. The second kappa shape index (κ2) is 6.45. The van der Waals surface area contributed by atoms with Crippen molar-refractivity contribution in [3.63, 3.8) is 0 Å². The molecule has 2 rings (SSSR count). The molecule has 0 bridgehead atoms. The summed E-state index contributed by atoms with van der Waals surface area (Å²) in [5.41, 5.74) is 7.59. The fourth-order valence-electron chi connectivity index (χ4n) is 2.29. The van der Waals surface area contributed by atoms with Gasteiger partial charge in [-0.25, -0.2) is 0 Å². The zero-order chi connectivity index (χ0) is 14.9. The van der Waals surface area contributed by atoms with Crippen LogP contribution in [0.2, 0.25) is 0 Å². The van der Waals surface area contributed by atoms with Crippen molar-refractivity contribution in [3.05, 3.63) is 23.8 Å². The number of nitrogens with two attached hydrogens (primary N) is 1. The molecule has 0 spiro atoms. The highest BCUT2D eigenvalue weighted by atomic mass is 35.5. The van der Waals surface area contributed by atoms with E-state index in [-0.39, 0.29) is 24.2 Å². The minimum atomic E-state index is -0.915. The summed E-state index contributed by atoms with van der Waals surface area (Å²) < 4.78 is 0. The minimum Gasteiger partial charge on any atom is -0.324 e. The molecule has 1 aromatic rings. The summed E-state index contributed by atoms with van der Waals surface area (Å²) >= 11 is 0. The number of amides is 2. The Morgan fingerprint density at radius 2 is 2.00 bits per heavy atom. The van der Waals surface area contributed by atoms with Crippen LogP contribution >= 0.6 is 12.4 Å². The lowest BCUT2D eigenvalue weighted by atomic mass is 10.0. The molecule has 2 amide bonds. The fourth-order valence-corrected chi connectivity index (χ4v) is 2.29. The maximum absolute atomic E-state index is 11.9. The van der Waals surface area contributed by atoms with E-state index in [1.807, 2.05) is 18.2 Å². The number of hydrogen-bond donors (Lipinski definition) is 2. The molecule has 1 heterocycles. The molecule has 0 unspecified atom stereocenters. The Hall–Kier alpha value is -1.59. The van der Waals surface area contributed by atoms with E-state index in [0.717, 1.165) is 36.3 Å². The number of anilines is 2. The molecule has 1 aliphatic heterocycles. The first kappa shape index (κ1) is 17.5. The molecule has 0 atom stereocenters. The summed E-state index contributed by atoms with van der Waals surface area (Å²) in [6.45, 7) is 5.65. The molecule has 3 N–H and O–H groups in total. The SMILES string of the molecule is CC(=O)N1CCCc2cc(NC(=O)C(C)(C)N)ccc21.Cl. The third kappa shape index (κ3) is 3.95. The first-order valence-corrected chi connectivity index (χ1v) is 6.80. The zero-order valence-corrected chi connectivity index (χ0v) is 13.4. The predicted molar refractivity (Wildman–Crippen MR) is 86.9 cm³/mol. The van der Waals surface area contributed by atoms with E-state index < -0.39 is 5.54 Å². The normalized spacial score (nSPS) is 14.0. The summed E-state index contributed by atoms with van der Waals surface area (Å²) in [6, 6.07) is 5.62. The van der Waals surface area contributed by atoms with Gasteiger partial charge in [0, 0.05) is 24.8 Å². The van der Waals surface area contributed by atoms with E-state index >= 15 is 0 Å². The highest BCUT2D eigenvalue weighted by Gasteiger charge is 2.23. The van der Waals surface area contributed by atoms with Crippen molar-refractivity contribution in [1.82, 2.24) is 0 Å². The quantitative estimate of drug-likeness (QED) is 0.878. The fraction of sp³-hybridized carbons (Fsp3) is 0.467. The van der Waals surface area contributed by atoms with Crippen LogP contribution in [0, 0.1) is 0 Å². The summed E-state index contributed by atoms with van der Waals surface area (Å²) in [7, 11) is 0. The largest absolute Gasteiger partial charge is 0.324 e. The van der Waals surface area contributed by atoms with E-state index in [2.05, 4.69) is 5.32 Å². The Labute approximate surface area is 131 Å². The summed E-state index contributed by atoms with van der Waals surface area (Å²) in [4.78, 5) is 25.2. The summed E-state index contributed by atoms with van der Waals surface area (Å²) in [5, 5.41) is 2.81. The molecule has 0 saturated carbocycles. The van der Waals surface area contributed by atoms with Crippen molar-refractivity contribution < 1.29 is 9.59 Å². The van der Waals surface area contributed by atoms with Crippen molar-refractivity contribution >= 4 is 35.6 Å². The average molecular weight is 312 g/mol. The molecular weight excluding hydrogens is 290 g/mol. The van der Waals surface area contributed by atoms with Crippen molar-refractivity contribution in [3.8, 4) is 0 Å². The number of rotatable bonds is 2. The number of carbonyl (C=O) groups excluding carboxylic acids is 2. The van der Waals surface area contributed by atoms with Gasteiger partial charge in [0.05, 0.1) is 5.54 Å². The molecule has 0 saturated heterocycles. The molecule has 0 radical (unpaired) electrons. The number of nitrogens with zero attached hydrogens (tertiary/aromatic N) is 1. The van der Waals surface area contributed by atoms with E-state index in [9.17, 15) is 9.59 Å². The van der Waals surface area contributed by atoms with Crippen molar-refractivity contribution in [2.45, 2.75) is 39.2 Å².